The molecule has 0 bridgehead atoms. The van der Waals surface area contributed by atoms with Crippen LogP contribution in [0.15, 0.2) is 12.3 Å². The first-order valence-electron chi connectivity index (χ1n) is 7.96. The van der Waals surface area contributed by atoms with Gasteiger partial charge in [-0.15, -0.1) is 0 Å². The van der Waals surface area contributed by atoms with E-state index in [1.54, 1.807) is 16.9 Å². The van der Waals surface area contributed by atoms with Crippen LogP contribution in [0.4, 0.5) is 0 Å². The lowest BCUT2D eigenvalue weighted by atomic mass is 9.94. The lowest BCUT2D eigenvalue weighted by Crippen LogP contribution is -2.43. The fourth-order valence-corrected chi connectivity index (χ4v) is 2.90. The number of rotatable bonds is 4. The summed E-state index contributed by atoms with van der Waals surface area (Å²) < 4.78 is 6.64. The average molecular weight is 307 g/mol. The average Bonchev–Trinajstić information content (AvgIpc) is 2.89. The van der Waals surface area contributed by atoms with E-state index in [9.17, 15) is 9.59 Å². The maximum Gasteiger partial charge on any atom is 0.310 e. The van der Waals surface area contributed by atoms with E-state index >= 15 is 0 Å². The zero-order valence-corrected chi connectivity index (χ0v) is 13.5. The SMILES string of the molecule is COC(=O)[C@@H]1CCCCC[C@H]1NC(=O)c1ccn(C(C)C)n1. The number of carbonyl (C=O) groups is 2. The van der Waals surface area contributed by atoms with Gasteiger partial charge in [0.2, 0.25) is 0 Å². The Morgan fingerprint density at radius 3 is 2.68 bits per heavy atom. The van der Waals surface area contributed by atoms with E-state index in [0.29, 0.717) is 5.69 Å². The van der Waals surface area contributed by atoms with Crippen molar-refractivity contribution < 1.29 is 14.3 Å². The Morgan fingerprint density at radius 2 is 2.05 bits per heavy atom. The van der Waals surface area contributed by atoms with Crippen LogP contribution < -0.4 is 5.32 Å². The number of methoxy groups -OCH3 is 1. The number of hydrogen-bond acceptors (Lipinski definition) is 4. The minimum absolute atomic E-state index is 0.174. The molecular weight excluding hydrogens is 282 g/mol. The summed E-state index contributed by atoms with van der Waals surface area (Å²) in [6, 6.07) is 1.74. The molecule has 22 heavy (non-hydrogen) atoms. The van der Waals surface area contributed by atoms with Gasteiger partial charge in [0.05, 0.1) is 13.0 Å². The zero-order chi connectivity index (χ0) is 16.1. The number of esters is 1. The number of nitrogens with zero attached hydrogens (tertiary/aromatic N) is 2. The van der Waals surface area contributed by atoms with Crippen molar-refractivity contribution in [3.63, 3.8) is 0 Å². The third-order valence-electron chi connectivity index (χ3n) is 4.21. The second-order valence-electron chi connectivity index (χ2n) is 6.12. The second-order valence-corrected chi connectivity index (χ2v) is 6.12. The number of carbonyl (C=O) groups excluding carboxylic acids is 2. The molecule has 0 spiro atoms. The monoisotopic (exact) mass is 307 g/mol. The molecule has 1 saturated carbocycles. The van der Waals surface area contributed by atoms with Gasteiger partial charge in [0.1, 0.15) is 5.69 Å². The molecule has 1 N–H and O–H groups in total. The third kappa shape index (κ3) is 3.87. The van der Waals surface area contributed by atoms with E-state index in [0.717, 1.165) is 32.1 Å². The maximum atomic E-state index is 12.4. The van der Waals surface area contributed by atoms with E-state index in [-0.39, 0.29) is 29.9 Å². The summed E-state index contributed by atoms with van der Waals surface area (Å²) >= 11 is 0. The highest BCUT2D eigenvalue weighted by Gasteiger charge is 2.32. The summed E-state index contributed by atoms with van der Waals surface area (Å²) in [5.41, 5.74) is 0.390. The minimum atomic E-state index is -0.261. The van der Waals surface area contributed by atoms with Crippen molar-refractivity contribution in [2.24, 2.45) is 5.92 Å². The van der Waals surface area contributed by atoms with Crippen molar-refractivity contribution >= 4 is 11.9 Å². The van der Waals surface area contributed by atoms with Crippen molar-refractivity contribution in [1.29, 1.82) is 0 Å². The Labute approximate surface area is 131 Å². The Hall–Kier alpha value is -1.85. The molecule has 0 saturated heterocycles. The zero-order valence-electron chi connectivity index (χ0n) is 13.5. The van der Waals surface area contributed by atoms with Crippen molar-refractivity contribution in [3.8, 4) is 0 Å². The molecule has 2 atom stereocenters. The molecule has 1 aliphatic rings. The van der Waals surface area contributed by atoms with Crippen LogP contribution in [0, 0.1) is 5.92 Å². The van der Waals surface area contributed by atoms with E-state index in [1.165, 1.54) is 7.11 Å². The van der Waals surface area contributed by atoms with Crippen LogP contribution in [0.1, 0.15) is 62.5 Å². The molecular formula is C16H25N3O3. The van der Waals surface area contributed by atoms with E-state index in [2.05, 4.69) is 10.4 Å². The Kier molecular flexibility index (Phi) is 5.57. The molecule has 6 heteroatoms. The highest BCUT2D eigenvalue weighted by Crippen LogP contribution is 2.25. The Bertz CT molecular complexity index is 524. The van der Waals surface area contributed by atoms with Gasteiger partial charge in [-0.05, 0) is 32.8 Å². The van der Waals surface area contributed by atoms with Gasteiger partial charge in [-0.3, -0.25) is 14.3 Å². The van der Waals surface area contributed by atoms with Crippen LogP contribution in [-0.4, -0.2) is 34.8 Å². The van der Waals surface area contributed by atoms with E-state index in [1.807, 2.05) is 13.8 Å². The third-order valence-corrected chi connectivity index (χ3v) is 4.21. The van der Waals surface area contributed by atoms with Crippen LogP contribution in [0.5, 0.6) is 0 Å². The van der Waals surface area contributed by atoms with Gasteiger partial charge >= 0.3 is 5.97 Å². The van der Waals surface area contributed by atoms with E-state index in [4.69, 9.17) is 4.74 Å². The fraction of sp³-hybridized carbons (Fsp3) is 0.688. The molecule has 1 heterocycles. The number of hydrogen-bond donors (Lipinski definition) is 1. The minimum Gasteiger partial charge on any atom is -0.469 e. The summed E-state index contributed by atoms with van der Waals surface area (Å²) in [6.07, 6.45) is 6.45. The van der Waals surface area contributed by atoms with Crippen molar-refractivity contribution in [1.82, 2.24) is 15.1 Å². The van der Waals surface area contributed by atoms with Gasteiger partial charge in [0.15, 0.2) is 0 Å². The molecule has 1 aliphatic carbocycles. The molecule has 1 aromatic rings. The second kappa shape index (κ2) is 7.42. The molecule has 0 radical (unpaired) electrons. The highest BCUT2D eigenvalue weighted by atomic mass is 16.5. The van der Waals surface area contributed by atoms with Crippen LogP contribution >= 0.6 is 0 Å². The van der Waals surface area contributed by atoms with Gasteiger partial charge in [-0.2, -0.15) is 5.10 Å². The number of ether oxygens (including phenoxy) is 1. The summed E-state index contributed by atoms with van der Waals surface area (Å²) in [5.74, 6) is -0.719. The Balaban J connectivity index is 2.07. The lowest BCUT2D eigenvalue weighted by Gasteiger charge is -2.23. The highest BCUT2D eigenvalue weighted by molar-refractivity contribution is 5.92. The van der Waals surface area contributed by atoms with Crippen LogP contribution in [0.2, 0.25) is 0 Å². The van der Waals surface area contributed by atoms with Gasteiger partial charge in [-0.1, -0.05) is 19.3 Å². The predicted octanol–water partition coefficient (Wildman–Crippen LogP) is 2.32. The molecule has 1 aromatic heterocycles. The van der Waals surface area contributed by atoms with Gasteiger partial charge in [-0.25, -0.2) is 0 Å². The summed E-state index contributed by atoms with van der Waals surface area (Å²) in [4.78, 5) is 24.3. The summed E-state index contributed by atoms with van der Waals surface area (Å²) in [7, 11) is 1.40. The molecule has 2 rings (SSSR count). The van der Waals surface area contributed by atoms with Crippen LogP contribution in [-0.2, 0) is 9.53 Å². The standard InChI is InChI=1S/C16H25N3O3/c1-11(2)19-10-9-14(18-19)15(20)17-13-8-6-4-5-7-12(13)16(21)22-3/h9-13H,4-8H2,1-3H3,(H,17,20)/t12-,13-/m1/s1. The van der Waals surface area contributed by atoms with Crippen molar-refractivity contribution in [2.75, 3.05) is 7.11 Å². The smallest absolute Gasteiger partial charge is 0.310 e. The maximum absolute atomic E-state index is 12.4. The predicted molar refractivity (Wildman–Crippen MR) is 82.5 cm³/mol. The molecule has 6 nitrogen and oxygen atoms in total. The van der Waals surface area contributed by atoms with Crippen molar-refractivity contribution in [2.45, 2.75) is 58.0 Å². The molecule has 122 valence electrons. The van der Waals surface area contributed by atoms with Gasteiger partial charge in [0.25, 0.3) is 5.91 Å². The topological polar surface area (TPSA) is 73.2 Å². The fourth-order valence-electron chi connectivity index (χ4n) is 2.90. The Morgan fingerprint density at radius 1 is 1.32 bits per heavy atom. The van der Waals surface area contributed by atoms with Crippen molar-refractivity contribution in [3.05, 3.63) is 18.0 Å². The number of aromatic nitrogens is 2. The molecule has 1 fully saturated rings. The first kappa shape index (κ1) is 16.5. The summed E-state index contributed by atoms with van der Waals surface area (Å²) in [5, 5.41) is 7.25. The molecule has 0 unspecified atom stereocenters. The first-order valence-corrected chi connectivity index (χ1v) is 7.96. The van der Waals surface area contributed by atoms with Crippen LogP contribution in [0.25, 0.3) is 0 Å². The van der Waals surface area contributed by atoms with Gasteiger partial charge < -0.3 is 10.1 Å². The first-order chi connectivity index (χ1) is 10.5. The number of amides is 1. The van der Waals surface area contributed by atoms with Crippen LogP contribution in [0.3, 0.4) is 0 Å². The number of nitrogens with one attached hydrogen (secondary N) is 1. The normalized spacial score (nSPS) is 22.2. The quantitative estimate of drug-likeness (QED) is 0.684. The summed E-state index contributed by atoms with van der Waals surface area (Å²) in [6.45, 7) is 4.01. The molecule has 0 aliphatic heterocycles. The van der Waals surface area contributed by atoms with Gasteiger partial charge in [0, 0.05) is 18.3 Å². The van der Waals surface area contributed by atoms with E-state index < -0.39 is 0 Å². The molecule has 1 amide bonds. The largest absolute Gasteiger partial charge is 0.469 e. The molecule has 0 aromatic carbocycles. The lowest BCUT2D eigenvalue weighted by molar-refractivity contribution is -0.146.